The lowest BCUT2D eigenvalue weighted by Gasteiger charge is -2.37. The SMILES string of the molecule is Cn1cc([C@@H](NC(=O)c2nc(N)nc3c2CCCC3)C2CC(O)C2)cn1. The molecular formula is C18H24N6O2. The van der Waals surface area contributed by atoms with Crippen molar-refractivity contribution in [3.05, 3.63) is 34.9 Å². The van der Waals surface area contributed by atoms with Crippen LogP contribution in [0.15, 0.2) is 12.4 Å². The smallest absolute Gasteiger partial charge is 0.270 e. The van der Waals surface area contributed by atoms with Gasteiger partial charge in [-0.2, -0.15) is 5.10 Å². The minimum Gasteiger partial charge on any atom is -0.393 e. The van der Waals surface area contributed by atoms with Gasteiger partial charge < -0.3 is 16.2 Å². The van der Waals surface area contributed by atoms with Crippen LogP contribution in [-0.2, 0) is 19.9 Å². The first-order valence-electron chi connectivity index (χ1n) is 9.14. The highest BCUT2D eigenvalue weighted by Gasteiger charge is 2.37. The molecule has 2 aliphatic carbocycles. The second-order valence-corrected chi connectivity index (χ2v) is 7.35. The van der Waals surface area contributed by atoms with Gasteiger partial charge in [-0.15, -0.1) is 0 Å². The summed E-state index contributed by atoms with van der Waals surface area (Å²) in [4.78, 5) is 21.6. The van der Waals surface area contributed by atoms with Gasteiger partial charge in [0, 0.05) is 30.1 Å². The Labute approximate surface area is 151 Å². The van der Waals surface area contributed by atoms with Gasteiger partial charge in [0.2, 0.25) is 5.95 Å². The first-order valence-corrected chi connectivity index (χ1v) is 9.14. The number of aromatic nitrogens is 4. The molecule has 1 amide bonds. The van der Waals surface area contributed by atoms with Crippen molar-refractivity contribution in [2.75, 3.05) is 5.73 Å². The predicted molar refractivity (Wildman–Crippen MR) is 95.2 cm³/mol. The molecule has 0 radical (unpaired) electrons. The summed E-state index contributed by atoms with van der Waals surface area (Å²) in [5.41, 5.74) is 8.97. The molecule has 0 saturated heterocycles. The van der Waals surface area contributed by atoms with Gasteiger partial charge in [0.05, 0.1) is 18.3 Å². The lowest BCUT2D eigenvalue weighted by atomic mass is 9.75. The Balaban J connectivity index is 1.62. The summed E-state index contributed by atoms with van der Waals surface area (Å²) in [6.07, 6.45) is 8.44. The van der Waals surface area contributed by atoms with E-state index in [0.717, 1.165) is 42.5 Å². The molecule has 26 heavy (non-hydrogen) atoms. The Bertz CT molecular complexity index is 827. The van der Waals surface area contributed by atoms with E-state index in [1.165, 1.54) is 0 Å². The van der Waals surface area contributed by atoms with Crippen molar-refractivity contribution in [2.45, 2.75) is 50.7 Å². The maximum absolute atomic E-state index is 13.0. The summed E-state index contributed by atoms with van der Waals surface area (Å²) in [5, 5.41) is 17.0. The van der Waals surface area contributed by atoms with Crippen molar-refractivity contribution >= 4 is 11.9 Å². The number of hydrogen-bond donors (Lipinski definition) is 3. The number of nitrogen functional groups attached to an aromatic ring is 1. The van der Waals surface area contributed by atoms with Crippen molar-refractivity contribution in [3.63, 3.8) is 0 Å². The van der Waals surface area contributed by atoms with E-state index >= 15 is 0 Å². The molecule has 0 aliphatic heterocycles. The second kappa shape index (κ2) is 6.68. The Morgan fingerprint density at radius 2 is 2.12 bits per heavy atom. The molecule has 138 valence electrons. The van der Waals surface area contributed by atoms with E-state index in [2.05, 4.69) is 20.4 Å². The maximum Gasteiger partial charge on any atom is 0.270 e. The summed E-state index contributed by atoms with van der Waals surface area (Å²) < 4.78 is 1.72. The van der Waals surface area contributed by atoms with E-state index in [0.29, 0.717) is 18.5 Å². The summed E-state index contributed by atoms with van der Waals surface area (Å²) in [6.45, 7) is 0. The van der Waals surface area contributed by atoms with Crippen molar-refractivity contribution in [2.24, 2.45) is 13.0 Å². The van der Waals surface area contributed by atoms with Crippen molar-refractivity contribution in [1.82, 2.24) is 25.1 Å². The number of nitrogens with two attached hydrogens (primary N) is 1. The monoisotopic (exact) mass is 356 g/mol. The third-order valence-electron chi connectivity index (χ3n) is 5.41. The first-order chi connectivity index (χ1) is 12.5. The molecule has 2 aromatic heterocycles. The molecule has 2 aromatic rings. The predicted octanol–water partition coefficient (Wildman–Crippen LogP) is 0.913. The zero-order valence-electron chi connectivity index (χ0n) is 14.9. The Morgan fingerprint density at radius 3 is 2.81 bits per heavy atom. The molecule has 2 heterocycles. The molecule has 1 atom stereocenters. The average molecular weight is 356 g/mol. The molecule has 2 aliphatic rings. The number of rotatable bonds is 4. The number of carbonyl (C=O) groups excluding carboxylic acids is 1. The van der Waals surface area contributed by atoms with Crippen LogP contribution < -0.4 is 11.1 Å². The van der Waals surface area contributed by atoms with Crippen molar-refractivity contribution in [1.29, 1.82) is 0 Å². The van der Waals surface area contributed by atoms with Gasteiger partial charge >= 0.3 is 0 Å². The third-order valence-corrected chi connectivity index (χ3v) is 5.41. The minimum atomic E-state index is -0.293. The van der Waals surface area contributed by atoms with Crippen LogP contribution in [0.2, 0.25) is 0 Å². The number of aliphatic hydroxyl groups excluding tert-OH is 1. The second-order valence-electron chi connectivity index (χ2n) is 7.35. The van der Waals surface area contributed by atoms with E-state index in [4.69, 9.17) is 5.73 Å². The minimum absolute atomic E-state index is 0.146. The number of aryl methyl sites for hydroxylation is 2. The fraction of sp³-hybridized carbons (Fsp3) is 0.556. The number of carbonyl (C=O) groups is 1. The maximum atomic E-state index is 13.0. The molecule has 0 unspecified atom stereocenters. The summed E-state index contributed by atoms with van der Waals surface area (Å²) in [5.74, 6) is 0.105. The van der Waals surface area contributed by atoms with Crippen LogP contribution in [0.1, 0.15) is 59.0 Å². The molecule has 8 heteroatoms. The van der Waals surface area contributed by atoms with Crippen LogP contribution in [0.3, 0.4) is 0 Å². The van der Waals surface area contributed by atoms with Gasteiger partial charge in [-0.05, 0) is 44.4 Å². The van der Waals surface area contributed by atoms with Crippen LogP contribution in [0.4, 0.5) is 5.95 Å². The zero-order valence-corrected chi connectivity index (χ0v) is 14.9. The van der Waals surface area contributed by atoms with E-state index in [-0.39, 0.29) is 29.9 Å². The fourth-order valence-electron chi connectivity index (χ4n) is 3.99. The van der Waals surface area contributed by atoms with Crippen LogP contribution >= 0.6 is 0 Å². The Kier molecular flexibility index (Phi) is 4.36. The topological polar surface area (TPSA) is 119 Å². The van der Waals surface area contributed by atoms with Gasteiger partial charge in [0.25, 0.3) is 5.91 Å². The number of nitrogens with one attached hydrogen (secondary N) is 1. The van der Waals surface area contributed by atoms with E-state index in [9.17, 15) is 9.90 Å². The molecule has 4 N–H and O–H groups in total. The number of hydrogen-bond acceptors (Lipinski definition) is 6. The standard InChI is InChI=1S/C18H24N6O2/c1-24-9-11(8-20-24)15(10-6-12(25)7-10)22-17(26)16-13-4-2-3-5-14(13)21-18(19)23-16/h8-10,12,15,25H,2-7H2,1H3,(H,22,26)(H2,19,21,23)/t10?,12?,15-/m0/s1. The Morgan fingerprint density at radius 1 is 1.35 bits per heavy atom. The lowest BCUT2D eigenvalue weighted by molar-refractivity contribution is 0.0234. The molecule has 1 saturated carbocycles. The van der Waals surface area contributed by atoms with Crippen LogP contribution in [0, 0.1) is 5.92 Å². The van der Waals surface area contributed by atoms with E-state index < -0.39 is 0 Å². The highest BCUT2D eigenvalue weighted by atomic mass is 16.3. The summed E-state index contributed by atoms with van der Waals surface area (Å²) in [7, 11) is 1.85. The molecule has 8 nitrogen and oxygen atoms in total. The zero-order chi connectivity index (χ0) is 18.3. The van der Waals surface area contributed by atoms with E-state index in [1.807, 2.05) is 13.2 Å². The molecule has 1 fully saturated rings. The van der Waals surface area contributed by atoms with Crippen molar-refractivity contribution < 1.29 is 9.90 Å². The number of nitrogens with zero attached hydrogens (tertiary/aromatic N) is 4. The third kappa shape index (κ3) is 3.16. The van der Waals surface area contributed by atoms with Gasteiger partial charge in [-0.1, -0.05) is 0 Å². The van der Waals surface area contributed by atoms with Gasteiger partial charge in [0.15, 0.2) is 0 Å². The van der Waals surface area contributed by atoms with Crippen LogP contribution in [-0.4, -0.2) is 36.9 Å². The largest absolute Gasteiger partial charge is 0.393 e. The Hall–Kier alpha value is -2.48. The van der Waals surface area contributed by atoms with Crippen LogP contribution in [0.25, 0.3) is 0 Å². The fourth-order valence-corrected chi connectivity index (χ4v) is 3.99. The molecular weight excluding hydrogens is 332 g/mol. The molecule has 0 aromatic carbocycles. The van der Waals surface area contributed by atoms with Crippen LogP contribution in [0.5, 0.6) is 0 Å². The van der Waals surface area contributed by atoms with Gasteiger partial charge in [0.1, 0.15) is 5.69 Å². The van der Waals surface area contributed by atoms with Crippen molar-refractivity contribution in [3.8, 4) is 0 Å². The molecule has 4 rings (SSSR count). The van der Waals surface area contributed by atoms with Gasteiger partial charge in [-0.3, -0.25) is 9.48 Å². The van der Waals surface area contributed by atoms with E-state index in [1.54, 1.807) is 10.9 Å². The highest BCUT2D eigenvalue weighted by molar-refractivity contribution is 5.94. The quantitative estimate of drug-likeness (QED) is 0.749. The summed E-state index contributed by atoms with van der Waals surface area (Å²) >= 11 is 0. The molecule has 0 bridgehead atoms. The number of fused-ring (bicyclic) bond motifs is 1. The summed E-state index contributed by atoms with van der Waals surface area (Å²) in [6, 6.07) is -0.199. The number of anilines is 1. The normalized spacial score (nSPS) is 23.0. The van der Waals surface area contributed by atoms with Gasteiger partial charge in [-0.25, -0.2) is 9.97 Å². The first kappa shape index (κ1) is 17.0. The number of amides is 1. The lowest BCUT2D eigenvalue weighted by Crippen LogP contribution is -2.42. The average Bonchev–Trinajstić information content (AvgIpc) is 3.02. The number of aliphatic hydroxyl groups is 1. The molecule has 0 spiro atoms. The highest BCUT2D eigenvalue weighted by Crippen LogP contribution is 2.38.